The zero-order valence-corrected chi connectivity index (χ0v) is 27.3. The van der Waals surface area contributed by atoms with Crippen LogP contribution >= 0.6 is 11.8 Å². The number of carbonyl (C=O) groups excluding carboxylic acids is 3. The molecule has 1 saturated heterocycles. The Balaban J connectivity index is 1.53. The summed E-state index contributed by atoms with van der Waals surface area (Å²) in [5.41, 5.74) is 5.29. The molecular formula is C35H44N4O4S. The molecule has 9 heteroatoms. The first-order valence-electron chi connectivity index (χ1n) is 14.9. The van der Waals surface area contributed by atoms with Crippen molar-refractivity contribution in [2.75, 3.05) is 20.0 Å². The molecule has 3 N–H and O–H groups in total. The molecule has 3 amide bonds. The van der Waals surface area contributed by atoms with Gasteiger partial charge in [-0.25, -0.2) is 0 Å². The van der Waals surface area contributed by atoms with Crippen molar-refractivity contribution in [3.05, 3.63) is 106 Å². The van der Waals surface area contributed by atoms with Crippen molar-refractivity contribution in [2.45, 2.75) is 70.1 Å². The molecule has 3 aromatic rings. The van der Waals surface area contributed by atoms with Crippen LogP contribution in [0.2, 0.25) is 0 Å². The average molecular weight is 617 g/mol. The number of benzene rings is 3. The third kappa shape index (κ3) is 8.08. The summed E-state index contributed by atoms with van der Waals surface area (Å²) in [5, 5.41) is 17.5. The van der Waals surface area contributed by atoms with Gasteiger partial charge in [-0.1, -0.05) is 66.7 Å². The maximum absolute atomic E-state index is 14.0. The van der Waals surface area contributed by atoms with Gasteiger partial charge in [0.05, 0.1) is 11.9 Å². The molecule has 0 saturated carbocycles. The molecule has 0 spiro atoms. The highest BCUT2D eigenvalue weighted by molar-refractivity contribution is 8.00. The van der Waals surface area contributed by atoms with E-state index in [9.17, 15) is 19.5 Å². The Kier molecular flexibility index (Phi) is 10.9. The second-order valence-electron chi connectivity index (χ2n) is 12.3. The van der Waals surface area contributed by atoms with Crippen LogP contribution in [0.25, 0.3) is 0 Å². The van der Waals surface area contributed by atoms with E-state index in [1.807, 2.05) is 96.4 Å². The minimum Gasteiger partial charge on any atom is -0.381 e. The van der Waals surface area contributed by atoms with E-state index in [0.717, 1.165) is 34.4 Å². The van der Waals surface area contributed by atoms with Crippen LogP contribution < -0.4 is 10.6 Å². The maximum atomic E-state index is 14.0. The SMILES string of the molecule is Cc1cccc(C(=O)N[C@@H](Cc2ccccc2)[C@H](O)C(=O)N2CSC(C)(C)[C@H]2C(=O)NCc2cccc(CN(C)C)c2)c1C. The fourth-order valence-corrected chi connectivity index (χ4v) is 6.74. The molecule has 3 aromatic carbocycles. The van der Waals surface area contributed by atoms with Crippen LogP contribution in [-0.2, 0) is 29.1 Å². The Labute approximate surface area is 265 Å². The number of amides is 3. The van der Waals surface area contributed by atoms with Crippen LogP contribution in [0.1, 0.15) is 52.0 Å². The Morgan fingerprint density at radius 3 is 2.34 bits per heavy atom. The molecule has 0 aromatic heterocycles. The van der Waals surface area contributed by atoms with E-state index >= 15 is 0 Å². The second-order valence-corrected chi connectivity index (χ2v) is 13.9. The van der Waals surface area contributed by atoms with E-state index in [2.05, 4.69) is 27.7 Å². The minimum atomic E-state index is -1.56. The van der Waals surface area contributed by atoms with Crippen molar-refractivity contribution in [1.82, 2.24) is 20.4 Å². The van der Waals surface area contributed by atoms with E-state index in [0.29, 0.717) is 12.1 Å². The summed E-state index contributed by atoms with van der Waals surface area (Å²) in [4.78, 5) is 44.6. The van der Waals surface area contributed by atoms with Gasteiger partial charge in [0.1, 0.15) is 6.04 Å². The number of nitrogens with one attached hydrogen (secondary N) is 2. The van der Waals surface area contributed by atoms with E-state index < -0.39 is 28.8 Å². The molecule has 0 unspecified atom stereocenters. The molecule has 44 heavy (non-hydrogen) atoms. The van der Waals surface area contributed by atoms with E-state index in [4.69, 9.17) is 0 Å². The monoisotopic (exact) mass is 616 g/mol. The minimum absolute atomic E-state index is 0.245. The van der Waals surface area contributed by atoms with Crippen molar-refractivity contribution in [1.29, 1.82) is 0 Å². The molecule has 234 valence electrons. The van der Waals surface area contributed by atoms with Gasteiger partial charge in [0, 0.05) is 23.4 Å². The van der Waals surface area contributed by atoms with E-state index in [1.165, 1.54) is 16.7 Å². The fourth-order valence-electron chi connectivity index (χ4n) is 5.60. The lowest BCUT2D eigenvalue weighted by molar-refractivity contribution is -0.147. The predicted molar refractivity (Wildman–Crippen MR) is 176 cm³/mol. The zero-order chi connectivity index (χ0) is 32.0. The summed E-state index contributed by atoms with van der Waals surface area (Å²) in [6.07, 6.45) is -1.31. The normalized spacial score (nSPS) is 17.3. The number of carbonyl (C=O) groups is 3. The molecule has 1 fully saturated rings. The summed E-state index contributed by atoms with van der Waals surface area (Å²) < 4.78 is -0.580. The number of nitrogens with zero attached hydrogens (tertiary/aromatic N) is 2. The van der Waals surface area contributed by atoms with Crippen LogP contribution in [0.4, 0.5) is 0 Å². The van der Waals surface area contributed by atoms with Gasteiger partial charge in [-0.2, -0.15) is 0 Å². The molecular weight excluding hydrogens is 572 g/mol. The molecule has 1 aliphatic rings. The average Bonchev–Trinajstić information content (AvgIpc) is 3.31. The molecule has 3 atom stereocenters. The Hall–Kier alpha value is -3.66. The first kappa shape index (κ1) is 33.2. The topological polar surface area (TPSA) is 102 Å². The van der Waals surface area contributed by atoms with Crippen LogP contribution in [0, 0.1) is 13.8 Å². The number of aryl methyl sites for hydroxylation is 1. The zero-order valence-electron chi connectivity index (χ0n) is 26.5. The Morgan fingerprint density at radius 1 is 0.977 bits per heavy atom. The summed E-state index contributed by atoms with van der Waals surface area (Å²) in [7, 11) is 4.02. The summed E-state index contributed by atoms with van der Waals surface area (Å²) in [6.45, 7) is 8.79. The van der Waals surface area contributed by atoms with Gasteiger partial charge in [-0.3, -0.25) is 14.4 Å². The van der Waals surface area contributed by atoms with Crippen molar-refractivity contribution in [2.24, 2.45) is 0 Å². The number of thioether (sulfide) groups is 1. The smallest absolute Gasteiger partial charge is 0.254 e. The maximum Gasteiger partial charge on any atom is 0.254 e. The molecule has 1 aliphatic heterocycles. The van der Waals surface area contributed by atoms with Crippen molar-refractivity contribution >= 4 is 29.5 Å². The summed E-state index contributed by atoms with van der Waals surface area (Å²) in [6, 6.07) is 21.3. The lowest BCUT2D eigenvalue weighted by Gasteiger charge is -2.33. The number of rotatable bonds is 11. The van der Waals surface area contributed by atoms with Gasteiger partial charge in [0.2, 0.25) is 5.91 Å². The highest BCUT2D eigenvalue weighted by Gasteiger charge is 2.49. The highest BCUT2D eigenvalue weighted by Crippen LogP contribution is 2.40. The standard InChI is InChI=1S/C35H44N4O4S/c1-23-12-10-17-28(24(23)2)32(41)37-29(19-25-13-8-7-9-14-25)30(40)34(43)39-22-44-35(3,4)31(39)33(42)36-20-26-15-11-16-27(18-26)21-38(5)6/h7-18,29-31,40H,19-22H2,1-6H3,(H,36,42)(H,37,41)/t29-,30-,31+/m0/s1. The number of hydrogen-bond donors (Lipinski definition) is 3. The van der Waals surface area contributed by atoms with Gasteiger partial charge < -0.3 is 25.5 Å². The molecule has 0 radical (unpaired) electrons. The molecule has 4 rings (SSSR count). The second kappa shape index (κ2) is 14.4. The van der Waals surface area contributed by atoms with Crippen molar-refractivity contribution in [3.63, 3.8) is 0 Å². The summed E-state index contributed by atoms with van der Waals surface area (Å²) in [5.74, 6) is -0.973. The molecule has 8 nitrogen and oxygen atoms in total. The fraction of sp³-hybridized carbons (Fsp3) is 0.400. The third-order valence-corrected chi connectivity index (χ3v) is 9.51. The van der Waals surface area contributed by atoms with Crippen LogP contribution in [0.3, 0.4) is 0 Å². The lowest BCUT2D eigenvalue weighted by atomic mass is 9.96. The van der Waals surface area contributed by atoms with E-state index in [-0.39, 0.29) is 24.1 Å². The van der Waals surface area contributed by atoms with Gasteiger partial charge in [0.25, 0.3) is 11.8 Å². The molecule has 0 aliphatic carbocycles. The number of aliphatic hydroxyl groups is 1. The largest absolute Gasteiger partial charge is 0.381 e. The lowest BCUT2D eigenvalue weighted by Crippen LogP contribution is -2.58. The highest BCUT2D eigenvalue weighted by atomic mass is 32.2. The van der Waals surface area contributed by atoms with Gasteiger partial charge >= 0.3 is 0 Å². The van der Waals surface area contributed by atoms with Crippen molar-refractivity contribution in [3.8, 4) is 0 Å². The third-order valence-electron chi connectivity index (χ3n) is 8.13. The Bertz CT molecular complexity index is 1480. The van der Waals surface area contributed by atoms with Gasteiger partial charge in [-0.05, 0) is 82.1 Å². The Morgan fingerprint density at radius 2 is 1.64 bits per heavy atom. The number of hydrogen-bond acceptors (Lipinski definition) is 6. The van der Waals surface area contributed by atoms with Gasteiger partial charge in [-0.15, -0.1) is 11.8 Å². The molecule has 0 bridgehead atoms. The first-order valence-corrected chi connectivity index (χ1v) is 15.9. The van der Waals surface area contributed by atoms with Crippen LogP contribution in [0.5, 0.6) is 0 Å². The predicted octanol–water partition coefficient (Wildman–Crippen LogP) is 4.06. The van der Waals surface area contributed by atoms with Crippen molar-refractivity contribution < 1.29 is 19.5 Å². The first-order chi connectivity index (χ1) is 20.9. The molecule has 1 heterocycles. The van der Waals surface area contributed by atoms with E-state index in [1.54, 1.807) is 6.07 Å². The summed E-state index contributed by atoms with van der Waals surface area (Å²) >= 11 is 1.49. The quantitative estimate of drug-likeness (QED) is 0.301. The van der Waals surface area contributed by atoms with Crippen LogP contribution in [0.15, 0.2) is 72.8 Å². The van der Waals surface area contributed by atoms with Crippen LogP contribution in [-0.4, -0.2) is 75.5 Å². The van der Waals surface area contributed by atoms with Gasteiger partial charge in [0.15, 0.2) is 6.10 Å². The number of aliphatic hydroxyl groups excluding tert-OH is 1.